The van der Waals surface area contributed by atoms with Gasteiger partial charge in [0, 0.05) is 24.0 Å². The Morgan fingerprint density at radius 3 is 2.54 bits per heavy atom. The van der Waals surface area contributed by atoms with Gasteiger partial charge in [-0.05, 0) is 25.8 Å². The minimum atomic E-state index is -1.01. The van der Waals surface area contributed by atoms with E-state index in [1.54, 1.807) is 37.5 Å². The van der Waals surface area contributed by atoms with Gasteiger partial charge in [0.05, 0.1) is 5.69 Å². The average Bonchev–Trinajstić information content (AvgIpc) is 3.45. The number of benzene rings is 1. The highest BCUT2D eigenvalue weighted by Crippen LogP contribution is 2.29. The van der Waals surface area contributed by atoms with E-state index in [0.29, 0.717) is 27.0 Å². The van der Waals surface area contributed by atoms with E-state index in [0.717, 1.165) is 24.2 Å². The molecule has 142 valence electrons. The molecule has 1 N–H and O–H groups in total. The van der Waals surface area contributed by atoms with Gasteiger partial charge in [0.25, 0.3) is 5.91 Å². The van der Waals surface area contributed by atoms with Gasteiger partial charge < -0.3 is 10.1 Å². The number of carbonyl (C=O) groups excluding carboxylic acids is 2. The summed E-state index contributed by atoms with van der Waals surface area (Å²) in [5, 5.41) is 3.44. The molecule has 7 nitrogen and oxygen atoms in total. The minimum Gasteiger partial charge on any atom is -0.443 e. The summed E-state index contributed by atoms with van der Waals surface area (Å²) in [5.74, 6) is -0.450. The van der Waals surface area contributed by atoms with Crippen LogP contribution in [0.3, 0.4) is 0 Å². The van der Waals surface area contributed by atoms with Gasteiger partial charge >= 0.3 is 5.97 Å². The van der Waals surface area contributed by atoms with Crippen molar-refractivity contribution >= 4 is 23.2 Å². The molecule has 1 atom stereocenters. The lowest BCUT2D eigenvalue weighted by Crippen LogP contribution is -2.33. The predicted molar refractivity (Wildman–Crippen MR) is 104 cm³/mol. The number of rotatable bonds is 6. The summed E-state index contributed by atoms with van der Waals surface area (Å²) in [7, 11) is 0. The first-order valence-electron chi connectivity index (χ1n) is 8.93. The second-order valence-corrected chi connectivity index (χ2v) is 7.48. The fourth-order valence-electron chi connectivity index (χ4n) is 2.66. The summed E-state index contributed by atoms with van der Waals surface area (Å²) >= 11 is 1.15. The van der Waals surface area contributed by atoms with E-state index in [-0.39, 0.29) is 11.9 Å². The maximum absolute atomic E-state index is 12.8. The molecule has 0 radical (unpaired) electrons. The van der Waals surface area contributed by atoms with Crippen molar-refractivity contribution in [3.63, 3.8) is 0 Å². The van der Waals surface area contributed by atoms with Gasteiger partial charge in [-0.1, -0.05) is 30.3 Å². The number of ether oxygens (including phenoxy) is 1. The lowest BCUT2D eigenvalue weighted by molar-refractivity contribution is -0.130. The van der Waals surface area contributed by atoms with Gasteiger partial charge in [0.2, 0.25) is 6.10 Å². The molecule has 1 fully saturated rings. The molecule has 4 rings (SSSR count). The maximum Gasteiger partial charge on any atom is 0.351 e. The van der Waals surface area contributed by atoms with Crippen LogP contribution in [0.5, 0.6) is 0 Å². The van der Waals surface area contributed by atoms with Gasteiger partial charge in [0.15, 0.2) is 10.8 Å². The molecule has 2 heterocycles. The van der Waals surface area contributed by atoms with Crippen LogP contribution in [-0.4, -0.2) is 32.9 Å². The summed E-state index contributed by atoms with van der Waals surface area (Å²) in [4.78, 5) is 38.5. The molecule has 8 heteroatoms. The Morgan fingerprint density at radius 2 is 1.86 bits per heavy atom. The Balaban J connectivity index is 1.57. The van der Waals surface area contributed by atoms with E-state index in [1.165, 1.54) is 0 Å². The van der Waals surface area contributed by atoms with Crippen LogP contribution in [0.4, 0.5) is 0 Å². The SMILES string of the molecule is Cc1nc(-c2ncccn2)sc1C(=O)OC(C(=O)NC1CC1)c1ccccc1. The zero-order valence-corrected chi connectivity index (χ0v) is 16.0. The Hall–Kier alpha value is -3.13. The number of nitrogens with zero attached hydrogens (tertiary/aromatic N) is 3. The van der Waals surface area contributed by atoms with Crippen molar-refractivity contribution in [1.29, 1.82) is 0 Å². The van der Waals surface area contributed by atoms with Gasteiger partial charge in [-0.2, -0.15) is 0 Å². The van der Waals surface area contributed by atoms with Gasteiger partial charge in [-0.3, -0.25) is 4.79 Å². The topological polar surface area (TPSA) is 94.1 Å². The quantitative estimate of drug-likeness (QED) is 0.646. The van der Waals surface area contributed by atoms with E-state index in [4.69, 9.17) is 4.74 Å². The Kier molecular flexibility index (Phi) is 5.12. The largest absolute Gasteiger partial charge is 0.443 e. The smallest absolute Gasteiger partial charge is 0.351 e. The number of carbonyl (C=O) groups is 2. The number of nitrogens with one attached hydrogen (secondary N) is 1. The zero-order valence-electron chi connectivity index (χ0n) is 15.2. The Labute approximate surface area is 165 Å². The fourth-order valence-corrected chi connectivity index (χ4v) is 3.55. The Bertz CT molecular complexity index is 987. The summed E-state index contributed by atoms with van der Waals surface area (Å²) in [6, 6.07) is 10.9. The molecule has 1 saturated carbocycles. The molecule has 0 aliphatic heterocycles. The fraction of sp³-hybridized carbons (Fsp3) is 0.250. The highest BCUT2D eigenvalue weighted by atomic mass is 32.1. The third-order valence-electron chi connectivity index (χ3n) is 4.23. The number of amides is 1. The molecule has 2 aromatic heterocycles. The van der Waals surface area contributed by atoms with Crippen molar-refractivity contribution in [3.05, 3.63) is 64.9 Å². The second-order valence-electron chi connectivity index (χ2n) is 6.48. The third-order valence-corrected chi connectivity index (χ3v) is 5.36. The molecule has 0 spiro atoms. The van der Waals surface area contributed by atoms with Crippen molar-refractivity contribution in [3.8, 4) is 10.8 Å². The number of esters is 1. The predicted octanol–water partition coefficient (Wildman–Crippen LogP) is 3.09. The zero-order chi connectivity index (χ0) is 19.5. The highest BCUT2D eigenvalue weighted by molar-refractivity contribution is 7.16. The first kappa shape index (κ1) is 18.2. The van der Waals surface area contributed by atoms with Crippen molar-refractivity contribution in [1.82, 2.24) is 20.3 Å². The lowest BCUT2D eigenvalue weighted by Gasteiger charge is -2.17. The molecule has 1 aliphatic rings. The van der Waals surface area contributed by atoms with E-state index in [2.05, 4.69) is 20.3 Å². The molecule has 1 aliphatic carbocycles. The van der Waals surface area contributed by atoms with Crippen molar-refractivity contribution in [2.45, 2.75) is 31.9 Å². The van der Waals surface area contributed by atoms with Gasteiger partial charge in [0.1, 0.15) is 4.88 Å². The average molecular weight is 394 g/mol. The van der Waals surface area contributed by atoms with Gasteiger partial charge in [-0.25, -0.2) is 19.7 Å². The molecule has 28 heavy (non-hydrogen) atoms. The number of hydrogen-bond acceptors (Lipinski definition) is 7. The summed E-state index contributed by atoms with van der Waals surface area (Å²) in [6.45, 7) is 1.72. The molecule has 1 amide bonds. The van der Waals surface area contributed by atoms with Crippen molar-refractivity contribution < 1.29 is 14.3 Å². The van der Waals surface area contributed by atoms with E-state index in [9.17, 15) is 9.59 Å². The normalized spacial score (nSPS) is 14.3. The number of thiazole rings is 1. The van der Waals surface area contributed by atoms with E-state index < -0.39 is 12.1 Å². The summed E-state index contributed by atoms with van der Waals surface area (Å²) < 4.78 is 5.62. The maximum atomic E-state index is 12.8. The monoisotopic (exact) mass is 394 g/mol. The first-order chi connectivity index (χ1) is 13.6. The van der Waals surface area contributed by atoms with Crippen LogP contribution in [0, 0.1) is 6.92 Å². The first-order valence-corrected chi connectivity index (χ1v) is 9.74. The minimum absolute atomic E-state index is 0.171. The van der Waals surface area contributed by atoms with Crippen molar-refractivity contribution in [2.24, 2.45) is 0 Å². The van der Waals surface area contributed by atoms with Crippen LogP contribution in [0.2, 0.25) is 0 Å². The standard InChI is InChI=1S/C20H18N4O3S/c1-12-16(28-19(23-12)17-21-10-5-11-22-17)20(26)27-15(13-6-3-2-4-7-13)18(25)24-14-8-9-14/h2-7,10-11,14-15H,8-9H2,1H3,(H,24,25). The molecule has 1 unspecified atom stereocenters. The summed E-state index contributed by atoms with van der Waals surface area (Å²) in [6.07, 6.45) is 4.13. The molecule has 1 aromatic carbocycles. The van der Waals surface area contributed by atoms with Gasteiger partial charge in [-0.15, -0.1) is 11.3 Å². The molecular weight excluding hydrogens is 376 g/mol. The van der Waals surface area contributed by atoms with Crippen LogP contribution >= 0.6 is 11.3 Å². The Morgan fingerprint density at radius 1 is 1.14 bits per heavy atom. The van der Waals surface area contributed by atoms with E-state index >= 15 is 0 Å². The van der Waals surface area contributed by atoms with Crippen LogP contribution in [0.15, 0.2) is 48.8 Å². The number of aromatic nitrogens is 3. The number of aryl methyl sites for hydroxylation is 1. The van der Waals surface area contributed by atoms with Crippen molar-refractivity contribution in [2.75, 3.05) is 0 Å². The highest BCUT2D eigenvalue weighted by Gasteiger charge is 2.32. The van der Waals surface area contributed by atoms with Crippen LogP contribution < -0.4 is 5.32 Å². The second kappa shape index (κ2) is 7.85. The summed E-state index contributed by atoms with van der Waals surface area (Å²) in [5.41, 5.74) is 1.15. The lowest BCUT2D eigenvalue weighted by atomic mass is 10.1. The molecule has 0 saturated heterocycles. The molecule has 0 bridgehead atoms. The van der Waals surface area contributed by atoms with Crippen LogP contribution in [0.25, 0.3) is 10.8 Å². The van der Waals surface area contributed by atoms with Crippen LogP contribution in [-0.2, 0) is 9.53 Å². The van der Waals surface area contributed by atoms with Crippen LogP contribution in [0.1, 0.15) is 39.9 Å². The third kappa shape index (κ3) is 4.07. The molecule has 3 aromatic rings. The van der Waals surface area contributed by atoms with E-state index in [1.807, 2.05) is 18.2 Å². The number of hydrogen-bond donors (Lipinski definition) is 1. The molecular formula is C20H18N4O3S.